The lowest BCUT2D eigenvalue weighted by atomic mass is 9.91. The molecular weight excluding hydrogens is 190 g/mol. The lowest BCUT2D eigenvalue weighted by Gasteiger charge is -2.41. The van der Waals surface area contributed by atoms with Gasteiger partial charge in [0.25, 0.3) is 0 Å². The zero-order valence-electron chi connectivity index (χ0n) is 10.5. The highest BCUT2D eigenvalue weighted by Gasteiger charge is 2.31. The van der Waals surface area contributed by atoms with Crippen molar-refractivity contribution < 1.29 is 10.2 Å². The van der Waals surface area contributed by atoms with Gasteiger partial charge in [-0.05, 0) is 25.8 Å². The predicted molar refractivity (Wildman–Crippen MR) is 64.0 cm³/mol. The van der Waals surface area contributed by atoms with E-state index in [9.17, 15) is 5.11 Å². The average molecular weight is 217 g/mol. The summed E-state index contributed by atoms with van der Waals surface area (Å²) in [5, 5.41) is 18.6. The molecule has 0 aliphatic carbocycles. The van der Waals surface area contributed by atoms with Crippen LogP contribution in [0.3, 0.4) is 0 Å². The molecule has 0 rings (SSSR count). The monoisotopic (exact) mass is 217 g/mol. The van der Waals surface area contributed by atoms with Crippen LogP contribution in [0.5, 0.6) is 0 Å². The highest BCUT2D eigenvalue weighted by Crippen LogP contribution is 2.23. The number of hydrogen-bond donors (Lipinski definition) is 2. The number of aliphatic hydroxyl groups is 2. The Bertz CT molecular complexity index is 138. The minimum Gasteiger partial charge on any atom is -0.395 e. The van der Waals surface area contributed by atoms with E-state index in [2.05, 4.69) is 25.7 Å². The van der Waals surface area contributed by atoms with Crippen molar-refractivity contribution in [2.75, 3.05) is 26.3 Å². The summed E-state index contributed by atoms with van der Waals surface area (Å²) < 4.78 is 0. The minimum absolute atomic E-state index is 0.127. The second-order valence-electron chi connectivity index (χ2n) is 4.15. The van der Waals surface area contributed by atoms with Crippen molar-refractivity contribution in [3.05, 3.63) is 0 Å². The zero-order chi connectivity index (χ0) is 11.7. The molecule has 0 spiro atoms. The van der Waals surface area contributed by atoms with E-state index in [0.29, 0.717) is 6.54 Å². The van der Waals surface area contributed by atoms with E-state index < -0.39 is 0 Å². The fraction of sp³-hybridized carbons (Fsp3) is 1.00. The van der Waals surface area contributed by atoms with Crippen LogP contribution in [-0.2, 0) is 0 Å². The first-order chi connectivity index (χ1) is 7.20. The summed E-state index contributed by atoms with van der Waals surface area (Å²) in [6.07, 6.45) is 4.14. The molecule has 0 bridgehead atoms. The Labute approximate surface area is 94.1 Å². The van der Waals surface area contributed by atoms with Crippen LogP contribution in [0.15, 0.2) is 0 Å². The van der Waals surface area contributed by atoms with Crippen LogP contribution < -0.4 is 0 Å². The molecule has 0 saturated carbocycles. The quantitative estimate of drug-likeness (QED) is 0.617. The predicted octanol–water partition coefficient (Wildman–Crippen LogP) is 1.63. The first-order valence-electron chi connectivity index (χ1n) is 6.17. The fourth-order valence-electron chi connectivity index (χ4n) is 2.08. The molecule has 0 aromatic carbocycles. The van der Waals surface area contributed by atoms with Crippen molar-refractivity contribution in [3.63, 3.8) is 0 Å². The van der Waals surface area contributed by atoms with Crippen LogP contribution in [0.25, 0.3) is 0 Å². The number of unbranched alkanes of at least 4 members (excludes halogenated alkanes) is 1. The molecule has 0 radical (unpaired) electrons. The Balaban J connectivity index is 4.50. The van der Waals surface area contributed by atoms with Crippen LogP contribution in [0.4, 0.5) is 0 Å². The van der Waals surface area contributed by atoms with E-state index in [1.54, 1.807) is 0 Å². The summed E-state index contributed by atoms with van der Waals surface area (Å²) >= 11 is 0. The van der Waals surface area contributed by atoms with Crippen molar-refractivity contribution in [2.24, 2.45) is 0 Å². The SMILES string of the molecule is CCCCN(CCO)C(CC)(CC)CO. The number of rotatable bonds is 9. The Kier molecular flexibility index (Phi) is 8.02. The third kappa shape index (κ3) is 4.09. The number of nitrogens with zero attached hydrogens (tertiary/aromatic N) is 1. The van der Waals surface area contributed by atoms with Gasteiger partial charge in [-0.25, -0.2) is 0 Å². The van der Waals surface area contributed by atoms with E-state index in [-0.39, 0.29) is 18.8 Å². The number of aliphatic hydroxyl groups excluding tert-OH is 2. The second kappa shape index (κ2) is 8.08. The third-order valence-corrected chi connectivity index (χ3v) is 3.43. The molecular formula is C12H27NO2. The minimum atomic E-state index is -0.127. The highest BCUT2D eigenvalue weighted by atomic mass is 16.3. The van der Waals surface area contributed by atoms with Crippen LogP contribution in [0, 0.1) is 0 Å². The highest BCUT2D eigenvalue weighted by molar-refractivity contribution is 4.87. The Hall–Kier alpha value is -0.120. The normalized spacial score (nSPS) is 12.4. The van der Waals surface area contributed by atoms with Crippen molar-refractivity contribution in [1.29, 1.82) is 0 Å². The molecule has 2 N–H and O–H groups in total. The maximum absolute atomic E-state index is 9.55. The molecule has 0 heterocycles. The van der Waals surface area contributed by atoms with E-state index in [1.807, 2.05) is 0 Å². The summed E-state index contributed by atoms with van der Waals surface area (Å²) in [5.74, 6) is 0. The lowest BCUT2D eigenvalue weighted by molar-refractivity contribution is 0.0107. The van der Waals surface area contributed by atoms with Gasteiger partial charge < -0.3 is 10.2 Å². The maximum atomic E-state index is 9.55. The molecule has 0 aliphatic rings. The van der Waals surface area contributed by atoms with Gasteiger partial charge in [-0.1, -0.05) is 27.2 Å². The number of hydrogen-bond acceptors (Lipinski definition) is 3. The van der Waals surface area contributed by atoms with Crippen LogP contribution in [0.1, 0.15) is 46.5 Å². The van der Waals surface area contributed by atoms with Gasteiger partial charge in [-0.15, -0.1) is 0 Å². The smallest absolute Gasteiger partial charge is 0.0615 e. The van der Waals surface area contributed by atoms with E-state index in [1.165, 1.54) is 0 Å². The third-order valence-electron chi connectivity index (χ3n) is 3.43. The Morgan fingerprint density at radius 2 is 1.60 bits per heavy atom. The molecule has 0 atom stereocenters. The second-order valence-corrected chi connectivity index (χ2v) is 4.15. The Morgan fingerprint density at radius 1 is 1.00 bits per heavy atom. The summed E-state index contributed by atoms with van der Waals surface area (Å²) in [5.41, 5.74) is -0.127. The van der Waals surface area contributed by atoms with Crippen molar-refractivity contribution >= 4 is 0 Å². The largest absolute Gasteiger partial charge is 0.395 e. The fourth-order valence-corrected chi connectivity index (χ4v) is 2.08. The van der Waals surface area contributed by atoms with Gasteiger partial charge in [0.1, 0.15) is 0 Å². The molecule has 92 valence electrons. The number of β-amino-alcohol motifs (C(OH)–C–C–N with tert-alkyl or cyclic N) is 1. The first-order valence-corrected chi connectivity index (χ1v) is 6.17. The summed E-state index contributed by atoms with van der Waals surface area (Å²) in [6.45, 7) is 8.37. The summed E-state index contributed by atoms with van der Waals surface area (Å²) in [7, 11) is 0. The molecule has 0 aromatic rings. The van der Waals surface area contributed by atoms with Crippen LogP contribution in [-0.4, -0.2) is 47.0 Å². The van der Waals surface area contributed by atoms with E-state index >= 15 is 0 Å². The first kappa shape index (κ1) is 14.9. The molecule has 3 nitrogen and oxygen atoms in total. The molecule has 0 aromatic heterocycles. The molecule has 3 heteroatoms. The van der Waals surface area contributed by atoms with Crippen molar-refractivity contribution in [2.45, 2.75) is 52.0 Å². The molecule has 0 saturated heterocycles. The van der Waals surface area contributed by atoms with Gasteiger partial charge in [0.2, 0.25) is 0 Å². The molecule has 0 fully saturated rings. The lowest BCUT2D eigenvalue weighted by Crippen LogP contribution is -2.52. The zero-order valence-corrected chi connectivity index (χ0v) is 10.5. The molecule has 15 heavy (non-hydrogen) atoms. The van der Waals surface area contributed by atoms with E-state index in [0.717, 1.165) is 32.2 Å². The Morgan fingerprint density at radius 3 is 1.93 bits per heavy atom. The van der Waals surface area contributed by atoms with Crippen molar-refractivity contribution in [1.82, 2.24) is 4.90 Å². The van der Waals surface area contributed by atoms with Gasteiger partial charge in [-0.2, -0.15) is 0 Å². The van der Waals surface area contributed by atoms with Gasteiger partial charge in [0.15, 0.2) is 0 Å². The molecule has 0 unspecified atom stereocenters. The van der Waals surface area contributed by atoms with Crippen molar-refractivity contribution in [3.8, 4) is 0 Å². The van der Waals surface area contributed by atoms with Gasteiger partial charge in [0, 0.05) is 12.1 Å². The summed E-state index contributed by atoms with van der Waals surface area (Å²) in [4.78, 5) is 2.25. The van der Waals surface area contributed by atoms with Crippen LogP contribution >= 0.6 is 0 Å². The maximum Gasteiger partial charge on any atom is 0.0615 e. The van der Waals surface area contributed by atoms with Gasteiger partial charge >= 0.3 is 0 Å². The van der Waals surface area contributed by atoms with Crippen LogP contribution in [0.2, 0.25) is 0 Å². The van der Waals surface area contributed by atoms with E-state index in [4.69, 9.17) is 5.11 Å². The molecule has 0 amide bonds. The molecule has 0 aliphatic heterocycles. The van der Waals surface area contributed by atoms with Gasteiger partial charge in [0.05, 0.1) is 13.2 Å². The summed E-state index contributed by atoms with van der Waals surface area (Å²) in [6, 6.07) is 0. The standard InChI is InChI=1S/C12H27NO2/c1-4-7-8-13(9-10-14)12(5-2,6-3)11-15/h14-15H,4-11H2,1-3H3. The topological polar surface area (TPSA) is 43.7 Å². The van der Waals surface area contributed by atoms with Gasteiger partial charge in [-0.3, -0.25) is 4.90 Å². The average Bonchev–Trinajstić information content (AvgIpc) is 2.28.